The van der Waals surface area contributed by atoms with Gasteiger partial charge in [0.15, 0.2) is 23.0 Å². The number of benzene rings is 6. The Balaban J connectivity index is 1.25. The van der Waals surface area contributed by atoms with Crippen LogP contribution in [0.4, 0.5) is 0 Å². The van der Waals surface area contributed by atoms with Crippen LogP contribution in [-0.2, 0) is 19.2 Å². The molecule has 0 unspecified atom stereocenters. The van der Waals surface area contributed by atoms with Gasteiger partial charge in [0.05, 0.1) is 0 Å². The third kappa shape index (κ3) is 8.40. The van der Waals surface area contributed by atoms with Crippen molar-refractivity contribution in [2.75, 3.05) is 0 Å². The highest BCUT2D eigenvalue weighted by Crippen LogP contribution is 2.39. The van der Waals surface area contributed by atoms with Crippen LogP contribution >= 0.6 is 0 Å². The van der Waals surface area contributed by atoms with Crippen molar-refractivity contribution in [2.24, 2.45) is 0 Å². The second-order valence-electron chi connectivity index (χ2n) is 13.5. The average Bonchev–Trinajstić information content (AvgIpc) is 3.18. The first kappa shape index (κ1) is 38.4. The van der Waals surface area contributed by atoms with Crippen molar-refractivity contribution in [3.63, 3.8) is 0 Å². The predicted octanol–water partition coefficient (Wildman–Crippen LogP) is 10.9. The molecule has 6 aromatic rings. The van der Waals surface area contributed by atoms with Gasteiger partial charge in [0, 0.05) is 22.3 Å². The van der Waals surface area contributed by atoms with Gasteiger partial charge in [-0.05, 0) is 113 Å². The Morgan fingerprint density at radius 1 is 0.339 bits per heavy atom. The lowest BCUT2D eigenvalue weighted by atomic mass is 9.95. The van der Waals surface area contributed by atoms with Crippen molar-refractivity contribution in [1.82, 2.24) is 0 Å². The highest BCUT2D eigenvalue weighted by Gasteiger charge is 2.19. The smallest absolute Gasteiger partial charge is 0.338 e. The van der Waals surface area contributed by atoms with Crippen LogP contribution in [0.1, 0.15) is 27.7 Å². The van der Waals surface area contributed by atoms with Crippen molar-refractivity contribution >= 4 is 45.4 Å². The fourth-order valence-electron chi connectivity index (χ4n) is 5.72. The van der Waals surface area contributed by atoms with Gasteiger partial charge in [-0.2, -0.15) is 0 Å². The molecule has 0 spiro atoms. The summed E-state index contributed by atoms with van der Waals surface area (Å²) in [7, 11) is 0. The van der Waals surface area contributed by atoms with Gasteiger partial charge in [0.1, 0.15) is 0 Å². The molecule has 0 N–H and O–H groups in total. The Morgan fingerprint density at radius 2 is 0.661 bits per heavy atom. The number of hydrogen-bond donors (Lipinski definition) is 0. The van der Waals surface area contributed by atoms with Crippen molar-refractivity contribution < 1.29 is 38.1 Å². The van der Waals surface area contributed by atoms with E-state index >= 15 is 0 Å². The lowest BCUT2D eigenvalue weighted by Gasteiger charge is -2.14. The van der Waals surface area contributed by atoms with Crippen LogP contribution in [0.3, 0.4) is 0 Å². The fourth-order valence-corrected chi connectivity index (χ4v) is 5.72. The molecule has 0 saturated carbocycles. The molecule has 0 bridgehead atoms. The van der Waals surface area contributed by atoms with Crippen LogP contribution in [0.15, 0.2) is 158 Å². The average molecular weight is 743 g/mol. The second-order valence-corrected chi connectivity index (χ2v) is 13.5. The number of esters is 4. The quantitative estimate of drug-likeness (QED) is 0.0559. The molecular formula is C48H38O8. The lowest BCUT2D eigenvalue weighted by Crippen LogP contribution is -2.12. The number of hydrogen-bond acceptors (Lipinski definition) is 8. The van der Waals surface area contributed by atoms with Gasteiger partial charge in [-0.3, -0.25) is 0 Å². The zero-order valence-electron chi connectivity index (χ0n) is 31.5. The molecule has 278 valence electrons. The van der Waals surface area contributed by atoms with E-state index in [1.165, 1.54) is 13.8 Å². The number of rotatable bonds is 11. The van der Waals surface area contributed by atoms with Gasteiger partial charge in [0.25, 0.3) is 0 Å². The van der Waals surface area contributed by atoms with E-state index in [1.807, 2.05) is 48.5 Å². The molecule has 0 fully saturated rings. The maximum atomic E-state index is 12.5. The third-order valence-electron chi connectivity index (χ3n) is 8.82. The number of carbonyl (C=O) groups is 4. The molecule has 0 amide bonds. The first-order valence-electron chi connectivity index (χ1n) is 17.5. The summed E-state index contributed by atoms with van der Waals surface area (Å²) in [4.78, 5) is 49.4. The minimum absolute atomic E-state index is 0.0937. The first-order valence-corrected chi connectivity index (χ1v) is 17.5. The Bertz CT molecular complexity index is 2640. The summed E-state index contributed by atoms with van der Waals surface area (Å²) in [5, 5.41) is 3.52. The van der Waals surface area contributed by atoms with E-state index in [9.17, 15) is 19.2 Å². The van der Waals surface area contributed by atoms with Crippen LogP contribution in [0.2, 0.25) is 0 Å². The van der Waals surface area contributed by atoms with Crippen LogP contribution in [0.25, 0.3) is 54.9 Å². The molecule has 0 aliphatic heterocycles. The van der Waals surface area contributed by atoms with Gasteiger partial charge in [-0.15, -0.1) is 0 Å². The minimum atomic E-state index is -0.637. The van der Waals surface area contributed by atoms with Crippen LogP contribution in [-0.4, -0.2) is 23.9 Å². The van der Waals surface area contributed by atoms with E-state index in [1.54, 1.807) is 44.2 Å². The van der Waals surface area contributed by atoms with Crippen molar-refractivity contribution in [2.45, 2.75) is 27.7 Å². The van der Waals surface area contributed by atoms with Crippen molar-refractivity contribution in [3.8, 4) is 56.4 Å². The van der Waals surface area contributed by atoms with E-state index in [-0.39, 0.29) is 45.3 Å². The molecule has 0 saturated heterocycles. The summed E-state index contributed by atoms with van der Waals surface area (Å²) in [5.74, 6) is -2.12. The summed E-state index contributed by atoms with van der Waals surface area (Å²) < 4.78 is 22.0. The molecular weight excluding hydrogens is 705 g/mol. The maximum Gasteiger partial charge on any atom is 0.338 e. The van der Waals surface area contributed by atoms with Crippen molar-refractivity contribution in [3.05, 3.63) is 158 Å². The maximum absolute atomic E-state index is 12.5. The zero-order chi connectivity index (χ0) is 40.3. The topological polar surface area (TPSA) is 105 Å². The standard InChI is InChI=1S/C48H38O8/c1-27(2)45(49)53-41-22-20-36(24-42(41)54-46(50)28(3)4)34-15-11-32(12-16-34)31-9-13-33(14-10-31)35-19-21-39-37(23-35)17-18-38-25-43(55-47(51)29(5)6)44(26-40(38)39)56-48(52)30(7)8/h9-26H,1,3,5,7H2,2,4,6,8H3. The normalized spacial score (nSPS) is 10.7. The highest BCUT2D eigenvalue weighted by molar-refractivity contribution is 6.10. The molecule has 6 rings (SSSR count). The summed E-state index contributed by atoms with van der Waals surface area (Å²) >= 11 is 0. The van der Waals surface area contributed by atoms with E-state index in [0.717, 1.165) is 54.9 Å². The molecule has 0 heterocycles. The summed E-state index contributed by atoms with van der Waals surface area (Å²) in [6.07, 6.45) is 0. The summed E-state index contributed by atoms with van der Waals surface area (Å²) in [6.45, 7) is 20.7. The van der Waals surface area contributed by atoms with Crippen LogP contribution in [0, 0.1) is 0 Å². The summed E-state index contributed by atoms with van der Waals surface area (Å²) in [6, 6.07) is 34.7. The number of ether oxygens (including phenoxy) is 4. The summed E-state index contributed by atoms with van der Waals surface area (Å²) in [5.41, 5.74) is 6.51. The lowest BCUT2D eigenvalue weighted by molar-refractivity contribution is -0.132. The van der Waals surface area contributed by atoms with E-state index < -0.39 is 23.9 Å². The minimum Gasteiger partial charge on any atom is -0.419 e. The molecule has 0 aliphatic carbocycles. The van der Waals surface area contributed by atoms with Crippen molar-refractivity contribution in [1.29, 1.82) is 0 Å². The SMILES string of the molecule is C=C(C)C(=O)Oc1ccc(-c2ccc(-c3ccc(-c4ccc5c(ccc6cc(OC(=O)C(=C)C)c(OC(=O)C(=C)C)cc65)c4)cc3)cc2)cc1OC(=O)C(=C)C. The Hall–Kier alpha value is -7.32. The number of carbonyl (C=O) groups excluding carboxylic acids is 4. The zero-order valence-corrected chi connectivity index (χ0v) is 31.5. The Morgan fingerprint density at radius 3 is 1.11 bits per heavy atom. The number of fused-ring (bicyclic) bond motifs is 3. The van der Waals surface area contributed by atoms with Gasteiger partial charge in [-0.1, -0.05) is 105 Å². The Kier molecular flexibility index (Phi) is 10.9. The van der Waals surface area contributed by atoms with Gasteiger partial charge in [0.2, 0.25) is 0 Å². The monoisotopic (exact) mass is 742 g/mol. The van der Waals surface area contributed by atoms with E-state index in [0.29, 0.717) is 0 Å². The third-order valence-corrected chi connectivity index (χ3v) is 8.82. The Labute approximate surface area is 324 Å². The largest absolute Gasteiger partial charge is 0.419 e. The molecule has 8 nitrogen and oxygen atoms in total. The molecule has 0 aromatic heterocycles. The highest BCUT2D eigenvalue weighted by atomic mass is 16.6. The van der Waals surface area contributed by atoms with E-state index in [4.69, 9.17) is 18.9 Å². The fraction of sp³-hybridized carbons (Fsp3) is 0.0833. The van der Waals surface area contributed by atoms with Gasteiger partial charge >= 0.3 is 23.9 Å². The molecule has 56 heavy (non-hydrogen) atoms. The van der Waals surface area contributed by atoms with Crippen LogP contribution in [0.5, 0.6) is 23.0 Å². The molecule has 0 radical (unpaired) electrons. The van der Waals surface area contributed by atoms with Gasteiger partial charge in [-0.25, -0.2) is 19.2 Å². The predicted molar refractivity (Wildman–Crippen MR) is 220 cm³/mol. The van der Waals surface area contributed by atoms with Gasteiger partial charge < -0.3 is 18.9 Å². The molecule has 6 aromatic carbocycles. The molecule has 0 atom stereocenters. The van der Waals surface area contributed by atoms with E-state index in [2.05, 4.69) is 56.6 Å². The molecule has 8 heteroatoms. The van der Waals surface area contributed by atoms with Crippen LogP contribution < -0.4 is 18.9 Å². The first-order chi connectivity index (χ1) is 26.7. The second kappa shape index (κ2) is 16.0. The molecule has 0 aliphatic rings.